The largest absolute Gasteiger partial charge is 0.504 e. The van der Waals surface area contributed by atoms with Gasteiger partial charge in [-0.3, -0.25) is 0 Å². The smallest absolute Gasteiger partial charge is 0.357 e. The number of phenolic OH excluding ortho intramolecular Hbond substituents is 1. The molecule has 1 unspecified atom stereocenters. The lowest BCUT2D eigenvalue weighted by atomic mass is 9.50. The number of rotatable bonds is 5. The van der Waals surface area contributed by atoms with Crippen molar-refractivity contribution in [3.8, 4) is 11.5 Å². The Kier molecular flexibility index (Phi) is 5.38. The number of hydrogen-bond acceptors (Lipinski definition) is 9. The highest BCUT2D eigenvalue weighted by molar-refractivity contribution is 5.83. The molecule has 6 atom stereocenters. The second-order valence-corrected chi connectivity index (χ2v) is 10.4. The Bertz CT molecular complexity index is 1310. The Hall–Kier alpha value is -3.40. The standard InChI is InChI=1S/C28H29NO8/c1-15(30)25(32)37-22(16-6-4-3-5-7-16)26(33)35-19-10-11-28(34)20-14-17-8-9-18(31)23-21(17)27(28,24(19)36-23)12-13-29(20)2/h3-10,15,20,22,24,30-31,34H,11-14H2,1-2H3/t15?,20-,22-,24-,27-,28+/m0/s1. The Morgan fingerprint density at radius 2 is 1.92 bits per heavy atom. The maximum atomic E-state index is 13.5. The van der Waals surface area contributed by atoms with Crippen molar-refractivity contribution in [2.24, 2.45) is 0 Å². The van der Waals surface area contributed by atoms with Gasteiger partial charge in [-0.05, 0) is 51.1 Å². The molecule has 9 nitrogen and oxygen atoms in total. The minimum absolute atomic E-state index is 0.0269. The second-order valence-electron chi connectivity index (χ2n) is 10.4. The number of esters is 2. The molecule has 2 aromatic rings. The molecular formula is C28H29NO8. The summed E-state index contributed by atoms with van der Waals surface area (Å²) in [6.45, 7) is 1.95. The molecule has 2 aliphatic heterocycles. The minimum atomic E-state index is -1.42. The van der Waals surface area contributed by atoms with Gasteiger partial charge in [0.05, 0.1) is 11.0 Å². The molecule has 3 N–H and O–H groups in total. The third-order valence-corrected chi connectivity index (χ3v) is 8.46. The molecule has 2 heterocycles. The Labute approximate surface area is 213 Å². The van der Waals surface area contributed by atoms with Gasteiger partial charge < -0.3 is 34.4 Å². The molecule has 194 valence electrons. The second kappa shape index (κ2) is 8.31. The summed E-state index contributed by atoms with van der Waals surface area (Å²) in [5, 5.41) is 32.5. The van der Waals surface area contributed by atoms with E-state index in [4.69, 9.17) is 14.2 Å². The van der Waals surface area contributed by atoms with Crippen molar-refractivity contribution in [3.05, 3.63) is 71.0 Å². The van der Waals surface area contributed by atoms with E-state index in [2.05, 4.69) is 4.90 Å². The third kappa shape index (κ3) is 3.27. The lowest BCUT2D eigenvalue weighted by Crippen LogP contribution is -2.74. The summed E-state index contributed by atoms with van der Waals surface area (Å²) in [6, 6.07) is 11.7. The van der Waals surface area contributed by atoms with Gasteiger partial charge in [-0.1, -0.05) is 36.4 Å². The summed E-state index contributed by atoms with van der Waals surface area (Å²) in [5.74, 6) is -1.32. The van der Waals surface area contributed by atoms with Crippen LogP contribution in [0.1, 0.15) is 42.6 Å². The molecule has 0 amide bonds. The van der Waals surface area contributed by atoms with Gasteiger partial charge in [-0.15, -0.1) is 0 Å². The highest BCUT2D eigenvalue weighted by atomic mass is 16.6. The van der Waals surface area contributed by atoms with Crippen molar-refractivity contribution >= 4 is 11.9 Å². The van der Waals surface area contributed by atoms with Crippen LogP contribution in [0.2, 0.25) is 0 Å². The molecule has 2 bridgehead atoms. The number of aliphatic hydroxyl groups excluding tert-OH is 1. The molecule has 2 aliphatic carbocycles. The van der Waals surface area contributed by atoms with Crippen LogP contribution < -0.4 is 4.74 Å². The summed E-state index contributed by atoms with van der Waals surface area (Å²) >= 11 is 0. The summed E-state index contributed by atoms with van der Waals surface area (Å²) in [5.41, 5.74) is 0.0716. The number of likely N-dealkylation sites (tertiary alicyclic amines) is 1. The average Bonchev–Trinajstić information content (AvgIpc) is 3.24. The normalized spacial score (nSPS) is 30.9. The van der Waals surface area contributed by atoms with Gasteiger partial charge in [0.25, 0.3) is 0 Å². The van der Waals surface area contributed by atoms with E-state index in [1.165, 1.54) is 6.92 Å². The third-order valence-electron chi connectivity index (χ3n) is 8.46. The maximum absolute atomic E-state index is 13.5. The number of likely N-dealkylation sites (N-methyl/N-ethyl adjacent to an activating group) is 1. The minimum Gasteiger partial charge on any atom is -0.504 e. The number of nitrogens with zero attached hydrogens (tertiary/aromatic N) is 1. The van der Waals surface area contributed by atoms with Crippen LogP contribution in [0.25, 0.3) is 0 Å². The fourth-order valence-electron chi connectivity index (χ4n) is 6.70. The van der Waals surface area contributed by atoms with Gasteiger partial charge in [0, 0.05) is 23.6 Å². The highest BCUT2D eigenvalue weighted by Crippen LogP contribution is 2.65. The van der Waals surface area contributed by atoms with Gasteiger partial charge in [0.2, 0.25) is 6.10 Å². The molecule has 6 rings (SSSR count). The van der Waals surface area contributed by atoms with Gasteiger partial charge in [-0.25, -0.2) is 9.59 Å². The number of benzene rings is 2. The van der Waals surface area contributed by atoms with Gasteiger partial charge in [0.1, 0.15) is 11.9 Å². The Balaban J connectivity index is 1.39. The van der Waals surface area contributed by atoms with Crippen molar-refractivity contribution in [3.63, 3.8) is 0 Å². The van der Waals surface area contributed by atoms with Crippen LogP contribution in [-0.2, 0) is 30.9 Å². The zero-order valence-electron chi connectivity index (χ0n) is 20.6. The van der Waals surface area contributed by atoms with Crippen LogP contribution >= 0.6 is 0 Å². The molecule has 4 aliphatic rings. The van der Waals surface area contributed by atoms with Crippen LogP contribution in [-0.4, -0.2) is 69.6 Å². The number of hydrogen-bond donors (Lipinski definition) is 3. The number of carbonyl (C=O) groups is 2. The number of ether oxygens (including phenoxy) is 3. The fraction of sp³-hybridized carbons (Fsp3) is 0.429. The van der Waals surface area contributed by atoms with Gasteiger partial charge >= 0.3 is 11.9 Å². The van der Waals surface area contributed by atoms with E-state index in [1.807, 2.05) is 13.1 Å². The summed E-state index contributed by atoms with van der Waals surface area (Å²) in [6.07, 6.45) is -0.638. The van der Waals surface area contributed by atoms with Crippen LogP contribution in [0.5, 0.6) is 11.5 Å². The summed E-state index contributed by atoms with van der Waals surface area (Å²) in [7, 11) is 1.99. The average molecular weight is 508 g/mol. The molecule has 1 saturated heterocycles. The lowest BCUT2D eigenvalue weighted by Gasteiger charge is -2.61. The van der Waals surface area contributed by atoms with E-state index in [9.17, 15) is 24.9 Å². The Morgan fingerprint density at radius 3 is 2.65 bits per heavy atom. The molecular weight excluding hydrogens is 478 g/mol. The topological polar surface area (TPSA) is 126 Å². The summed E-state index contributed by atoms with van der Waals surface area (Å²) < 4.78 is 17.5. The monoisotopic (exact) mass is 507 g/mol. The lowest BCUT2D eigenvalue weighted by molar-refractivity contribution is -0.178. The van der Waals surface area contributed by atoms with E-state index >= 15 is 0 Å². The van der Waals surface area contributed by atoms with E-state index in [0.717, 1.165) is 11.1 Å². The predicted molar refractivity (Wildman–Crippen MR) is 130 cm³/mol. The number of carbonyl (C=O) groups excluding carboxylic acids is 2. The van der Waals surface area contributed by atoms with Crippen LogP contribution in [0.4, 0.5) is 0 Å². The Morgan fingerprint density at radius 1 is 1.16 bits per heavy atom. The van der Waals surface area contributed by atoms with Crippen molar-refractivity contribution in [2.75, 3.05) is 13.6 Å². The summed E-state index contributed by atoms with van der Waals surface area (Å²) in [4.78, 5) is 27.8. The number of aromatic hydroxyl groups is 1. The van der Waals surface area contributed by atoms with Gasteiger partial charge in [-0.2, -0.15) is 0 Å². The van der Waals surface area contributed by atoms with Crippen molar-refractivity contribution < 1.29 is 39.1 Å². The van der Waals surface area contributed by atoms with Crippen molar-refractivity contribution in [1.29, 1.82) is 0 Å². The first-order chi connectivity index (χ1) is 17.7. The number of aliphatic hydroxyl groups is 2. The first-order valence-corrected chi connectivity index (χ1v) is 12.5. The molecule has 1 fully saturated rings. The van der Waals surface area contributed by atoms with Crippen molar-refractivity contribution in [2.45, 2.75) is 61.6 Å². The molecule has 0 radical (unpaired) electrons. The molecule has 2 aromatic carbocycles. The molecule has 37 heavy (non-hydrogen) atoms. The van der Waals surface area contributed by atoms with E-state index < -0.39 is 41.3 Å². The molecule has 0 saturated carbocycles. The maximum Gasteiger partial charge on any atom is 0.357 e. The highest BCUT2D eigenvalue weighted by Gasteiger charge is 2.72. The zero-order chi connectivity index (χ0) is 26.1. The zero-order valence-corrected chi connectivity index (χ0v) is 20.6. The first kappa shape index (κ1) is 24.0. The quantitative estimate of drug-likeness (QED) is 0.520. The molecule has 0 aromatic heterocycles. The van der Waals surface area contributed by atoms with E-state index in [-0.39, 0.29) is 24.0 Å². The van der Waals surface area contributed by atoms with E-state index in [0.29, 0.717) is 30.7 Å². The van der Waals surface area contributed by atoms with Crippen LogP contribution in [0.3, 0.4) is 0 Å². The predicted octanol–water partition coefficient (Wildman–Crippen LogP) is 1.88. The first-order valence-electron chi connectivity index (χ1n) is 12.5. The fourth-order valence-corrected chi connectivity index (χ4v) is 6.70. The number of phenols is 1. The van der Waals surface area contributed by atoms with Crippen LogP contribution in [0.15, 0.2) is 54.3 Å². The van der Waals surface area contributed by atoms with Crippen LogP contribution in [0, 0.1) is 0 Å². The van der Waals surface area contributed by atoms with Crippen molar-refractivity contribution in [1.82, 2.24) is 4.90 Å². The SMILES string of the molecule is CC(O)C(=O)O[C@H](C(=O)OC1=CC[C@@]2(O)[C@@H]3Cc4ccc(O)c5c4[C@@]2(CCN3C)[C@H]1O5)c1ccccc1. The molecule has 9 heteroatoms. The molecule has 1 spiro atoms. The number of piperidine rings is 1. The van der Waals surface area contributed by atoms with E-state index in [1.54, 1.807) is 42.5 Å². The van der Waals surface area contributed by atoms with Gasteiger partial charge in [0.15, 0.2) is 17.6 Å².